The van der Waals surface area contributed by atoms with E-state index in [1.807, 2.05) is 0 Å². The lowest BCUT2D eigenvalue weighted by molar-refractivity contribution is -0.114. The van der Waals surface area contributed by atoms with E-state index in [1.54, 1.807) is 57.2 Å². The van der Waals surface area contributed by atoms with E-state index in [-0.39, 0.29) is 42.6 Å². The summed E-state index contributed by atoms with van der Waals surface area (Å²) in [5.41, 5.74) is 2.17. The molecule has 0 amide bonds. The molecule has 0 spiro atoms. The van der Waals surface area contributed by atoms with Gasteiger partial charge in [-0.1, -0.05) is 39.0 Å². The first kappa shape index (κ1) is 30.4. The smallest absolute Gasteiger partial charge is 0.232 e. The van der Waals surface area contributed by atoms with Gasteiger partial charge in [-0.15, -0.1) is 0 Å². The highest BCUT2D eigenvalue weighted by Crippen LogP contribution is 2.43. The lowest BCUT2D eigenvalue weighted by Crippen LogP contribution is -2.32. The van der Waals surface area contributed by atoms with E-state index in [9.17, 15) is 27.2 Å². The van der Waals surface area contributed by atoms with E-state index < -0.39 is 21.3 Å². The quantitative estimate of drug-likeness (QED) is 0.123. The second kappa shape index (κ2) is 11.5. The molecule has 5 rings (SSSR count). The summed E-state index contributed by atoms with van der Waals surface area (Å²) in [6, 6.07) is 15.9. The van der Waals surface area contributed by atoms with Crippen LogP contribution >= 0.6 is 0 Å². The number of anilines is 1. The normalized spacial score (nSPS) is 13.7. The van der Waals surface area contributed by atoms with Gasteiger partial charge in [0.05, 0.1) is 17.5 Å². The van der Waals surface area contributed by atoms with Gasteiger partial charge in [0.2, 0.25) is 10.0 Å². The zero-order valence-electron chi connectivity index (χ0n) is 24.6. The molecule has 0 saturated heterocycles. The molecule has 0 radical (unpaired) electrons. The molecule has 7 nitrogen and oxygen atoms in total. The van der Waals surface area contributed by atoms with Crippen molar-refractivity contribution in [1.82, 2.24) is 0 Å². The van der Waals surface area contributed by atoms with Gasteiger partial charge in [0.1, 0.15) is 23.4 Å². The van der Waals surface area contributed by atoms with Crippen LogP contribution in [0.15, 0.2) is 65.1 Å². The lowest BCUT2D eigenvalue weighted by atomic mass is 9.86. The predicted molar refractivity (Wildman–Crippen MR) is 165 cm³/mol. The number of hydrogen-bond donors (Lipinski definition) is 0. The van der Waals surface area contributed by atoms with Crippen LogP contribution in [0.4, 0.5) is 10.1 Å². The Bertz CT molecular complexity index is 1830. The fraction of sp³-hybridized carbons (Fsp3) is 0.324. The van der Waals surface area contributed by atoms with Gasteiger partial charge in [-0.2, -0.15) is 0 Å². The highest BCUT2D eigenvalue weighted by Gasteiger charge is 2.32. The van der Waals surface area contributed by atoms with Crippen molar-refractivity contribution < 1.29 is 31.6 Å². The van der Waals surface area contributed by atoms with Gasteiger partial charge in [-0.3, -0.25) is 13.9 Å². The van der Waals surface area contributed by atoms with Crippen LogP contribution in [0.1, 0.15) is 67.2 Å². The van der Waals surface area contributed by atoms with Crippen molar-refractivity contribution in [3.8, 4) is 22.5 Å². The van der Waals surface area contributed by atoms with Gasteiger partial charge in [0, 0.05) is 52.9 Å². The standard InChI is InChI=1S/C34H34FNO6S/c1-5-29(38)32-27-16-26(23-7-6-8-24(15-23)30(39)18-34(2,3)20-37)28(36(43(4,40)41)19-21-9-10-21)17-31(27)42-33(32)22-11-13-25(35)14-12-22/h6-8,11-17,20-21H,5,9-10,18-19H2,1-4H3. The summed E-state index contributed by atoms with van der Waals surface area (Å²) in [5.74, 6) is -0.334. The summed E-state index contributed by atoms with van der Waals surface area (Å²) in [6.45, 7) is 5.41. The van der Waals surface area contributed by atoms with Gasteiger partial charge < -0.3 is 9.21 Å². The monoisotopic (exact) mass is 603 g/mol. The van der Waals surface area contributed by atoms with Crippen molar-refractivity contribution in [3.05, 3.63) is 77.6 Å². The number of hydrogen-bond acceptors (Lipinski definition) is 6. The summed E-state index contributed by atoms with van der Waals surface area (Å²) in [5, 5.41) is 0.489. The number of carbonyl (C=O) groups excluding carboxylic acids is 3. The Balaban J connectivity index is 1.77. The molecule has 1 saturated carbocycles. The Morgan fingerprint density at radius 3 is 2.33 bits per heavy atom. The molecule has 1 heterocycles. The molecule has 0 bridgehead atoms. The van der Waals surface area contributed by atoms with Crippen LogP contribution in [-0.4, -0.2) is 39.1 Å². The molecule has 0 N–H and O–H groups in total. The number of nitrogens with zero attached hydrogens (tertiary/aromatic N) is 1. The summed E-state index contributed by atoms with van der Waals surface area (Å²) in [4.78, 5) is 38.0. The Kier molecular flexibility index (Phi) is 8.13. The third-order valence-corrected chi connectivity index (χ3v) is 8.88. The van der Waals surface area contributed by atoms with Crippen LogP contribution in [0.25, 0.3) is 33.4 Å². The third kappa shape index (κ3) is 6.46. The summed E-state index contributed by atoms with van der Waals surface area (Å²) >= 11 is 0. The average Bonchev–Trinajstić information content (AvgIpc) is 3.72. The van der Waals surface area contributed by atoms with Crippen molar-refractivity contribution in [2.45, 2.75) is 46.5 Å². The van der Waals surface area contributed by atoms with Crippen LogP contribution in [0.3, 0.4) is 0 Å². The van der Waals surface area contributed by atoms with Gasteiger partial charge in [-0.05, 0) is 60.7 Å². The summed E-state index contributed by atoms with van der Waals surface area (Å²) in [7, 11) is -3.73. The molecule has 224 valence electrons. The van der Waals surface area contributed by atoms with Crippen molar-refractivity contribution in [3.63, 3.8) is 0 Å². The molecule has 0 unspecified atom stereocenters. The number of rotatable bonds is 12. The molecule has 1 aliphatic carbocycles. The van der Waals surface area contributed by atoms with Crippen molar-refractivity contribution in [1.29, 1.82) is 0 Å². The van der Waals surface area contributed by atoms with E-state index in [2.05, 4.69) is 0 Å². The minimum Gasteiger partial charge on any atom is -0.455 e. The summed E-state index contributed by atoms with van der Waals surface area (Å²) in [6.07, 6.45) is 3.96. The molecule has 1 fully saturated rings. The maximum absolute atomic E-state index is 13.7. The number of benzene rings is 3. The Labute approximate surface area is 250 Å². The molecular formula is C34H34FNO6S. The molecule has 9 heteroatoms. The largest absolute Gasteiger partial charge is 0.455 e. The van der Waals surface area contributed by atoms with Crippen molar-refractivity contribution >= 4 is 44.5 Å². The van der Waals surface area contributed by atoms with Crippen LogP contribution in [-0.2, 0) is 14.8 Å². The Hall–Kier alpha value is -4.11. The second-order valence-electron chi connectivity index (χ2n) is 12.0. The van der Waals surface area contributed by atoms with Gasteiger partial charge in [0.25, 0.3) is 0 Å². The maximum atomic E-state index is 13.7. The van der Waals surface area contributed by atoms with E-state index in [1.165, 1.54) is 28.6 Å². The van der Waals surface area contributed by atoms with Gasteiger partial charge >= 0.3 is 0 Å². The van der Waals surface area contributed by atoms with E-state index in [0.717, 1.165) is 25.4 Å². The minimum atomic E-state index is -3.73. The van der Waals surface area contributed by atoms with E-state index >= 15 is 0 Å². The second-order valence-corrected chi connectivity index (χ2v) is 13.9. The number of ketones is 2. The topological polar surface area (TPSA) is 102 Å². The average molecular weight is 604 g/mol. The molecule has 43 heavy (non-hydrogen) atoms. The van der Waals surface area contributed by atoms with E-state index in [4.69, 9.17) is 4.42 Å². The van der Waals surface area contributed by atoms with Crippen molar-refractivity contribution in [2.75, 3.05) is 17.1 Å². The Morgan fingerprint density at radius 2 is 1.72 bits per heavy atom. The fourth-order valence-corrected chi connectivity index (χ4v) is 6.18. The molecular weight excluding hydrogens is 569 g/mol. The number of sulfonamides is 1. The number of aldehydes is 1. The Morgan fingerprint density at radius 1 is 1.02 bits per heavy atom. The number of carbonyl (C=O) groups is 3. The first-order valence-electron chi connectivity index (χ1n) is 14.3. The third-order valence-electron chi connectivity index (χ3n) is 7.73. The molecule has 0 atom stereocenters. The molecule has 1 aliphatic rings. The van der Waals surface area contributed by atoms with Crippen molar-refractivity contribution in [2.24, 2.45) is 11.3 Å². The van der Waals surface area contributed by atoms with Gasteiger partial charge in [-0.25, -0.2) is 12.8 Å². The number of fused-ring (bicyclic) bond motifs is 1. The molecule has 3 aromatic carbocycles. The fourth-order valence-electron chi connectivity index (χ4n) is 5.19. The van der Waals surface area contributed by atoms with Crippen LogP contribution in [0.5, 0.6) is 0 Å². The maximum Gasteiger partial charge on any atom is 0.232 e. The molecule has 1 aromatic heterocycles. The van der Waals surface area contributed by atoms with Crippen LogP contribution < -0.4 is 4.31 Å². The lowest BCUT2D eigenvalue weighted by Gasteiger charge is -2.25. The highest BCUT2D eigenvalue weighted by atomic mass is 32.2. The van der Waals surface area contributed by atoms with Gasteiger partial charge in [0.15, 0.2) is 11.6 Å². The number of halogens is 1. The zero-order chi connectivity index (χ0) is 31.1. The van der Waals surface area contributed by atoms with E-state index in [0.29, 0.717) is 44.5 Å². The first-order valence-corrected chi connectivity index (χ1v) is 16.1. The predicted octanol–water partition coefficient (Wildman–Crippen LogP) is 7.47. The summed E-state index contributed by atoms with van der Waals surface area (Å²) < 4.78 is 47.7. The molecule has 4 aromatic rings. The highest BCUT2D eigenvalue weighted by molar-refractivity contribution is 7.92. The van der Waals surface area contributed by atoms with Crippen LogP contribution in [0.2, 0.25) is 0 Å². The van der Waals surface area contributed by atoms with Crippen LogP contribution in [0, 0.1) is 17.2 Å². The number of furan rings is 1. The molecule has 0 aliphatic heterocycles. The SMILES string of the molecule is CCC(=O)c1c(-c2ccc(F)cc2)oc2cc(N(CC3CC3)S(C)(=O)=O)c(-c3cccc(C(=O)CC(C)(C)C=O)c3)cc12. The first-order chi connectivity index (χ1) is 20.3. The zero-order valence-corrected chi connectivity index (χ0v) is 25.5. The minimum absolute atomic E-state index is 0.0148. The number of Topliss-reactive ketones (excluding diaryl/α,β-unsaturated/α-hetero) is 2.